The highest BCUT2D eigenvalue weighted by molar-refractivity contribution is 6.31. The molecular weight excluding hydrogens is 528 g/mol. The molecule has 1 aromatic carbocycles. The number of carbonyl (C=O) groups excluding carboxylic acids is 3. The number of benzene rings is 1. The molecule has 1 N–H and O–H groups in total. The van der Waals surface area contributed by atoms with Crippen molar-refractivity contribution in [2.45, 2.75) is 63.8 Å². The van der Waals surface area contributed by atoms with E-state index in [9.17, 15) is 14.4 Å². The van der Waals surface area contributed by atoms with Crippen molar-refractivity contribution in [2.24, 2.45) is 5.92 Å². The zero-order valence-corrected chi connectivity index (χ0v) is 23.4. The Morgan fingerprint density at radius 3 is 2.62 bits per heavy atom. The van der Waals surface area contributed by atoms with Crippen LogP contribution in [0.5, 0.6) is 11.6 Å². The standard InChI is InChI=1S/C27H33ClN4O7/c1-7-15-13-27(15,24(34)37-8-2)31-22(33)20-12-17(14-32(20)25(35)39-26(3,4)5)38-23-21(28)29-18-10-9-16(36-6)11-19(18)30-23/h7,9-11,15,17,20H,1,8,12-14H2,2-6H3,(H,31,33)/t15-,17-,20+,27-/m1/s1. The molecule has 0 spiro atoms. The lowest BCUT2D eigenvalue weighted by atomic mass is 10.1. The maximum Gasteiger partial charge on any atom is 0.411 e. The number of aromatic nitrogens is 2. The van der Waals surface area contributed by atoms with Crippen molar-refractivity contribution >= 4 is 40.6 Å². The van der Waals surface area contributed by atoms with Gasteiger partial charge in [0.2, 0.25) is 5.91 Å². The minimum absolute atomic E-state index is 0.0262. The van der Waals surface area contributed by atoms with Crippen LogP contribution in [-0.2, 0) is 19.1 Å². The summed E-state index contributed by atoms with van der Waals surface area (Å²) in [6.07, 6.45) is 0.744. The summed E-state index contributed by atoms with van der Waals surface area (Å²) in [5, 5.41) is 2.86. The van der Waals surface area contributed by atoms with Gasteiger partial charge in [-0.3, -0.25) is 9.69 Å². The molecule has 39 heavy (non-hydrogen) atoms. The quantitative estimate of drug-likeness (QED) is 0.379. The smallest absolute Gasteiger partial charge is 0.411 e. The molecular formula is C27H33ClN4O7. The Hall–Kier alpha value is -3.60. The van der Waals surface area contributed by atoms with Crippen molar-refractivity contribution in [3.8, 4) is 11.6 Å². The highest BCUT2D eigenvalue weighted by atomic mass is 35.5. The summed E-state index contributed by atoms with van der Waals surface area (Å²) in [6, 6.07) is 4.19. The summed E-state index contributed by atoms with van der Waals surface area (Å²) >= 11 is 6.36. The minimum Gasteiger partial charge on any atom is -0.497 e. The molecule has 1 aliphatic carbocycles. The molecule has 2 fully saturated rings. The van der Waals surface area contributed by atoms with E-state index >= 15 is 0 Å². The Morgan fingerprint density at radius 2 is 2.00 bits per heavy atom. The molecule has 11 nitrogen and oxygen atoms in total. The lowest BCUT2D eigenvalue weighted by Crippen LogP contribution is -2.53. The number of amides is 2. The summed E-state index contributed by atoms with van der Waals surface area (Å²) in [7, 11) is 1.54. The second-order valence-corrected chi connectivity index (χ2v) is 10.9. The molecule has 12 heteroatoms. The fourth-order valence-electron chi connectivity index (χ4n) is 4.57. The summed E-state index contributed by atoms with van der Waals surface area (Å²) in [5.41, 5.74) is -0.942. The second-order valence-electron chi connectivity index (χ2n) is 10.5. The number of hydrogen-bond donors (Lipinski definition) is 1. The van der Waals surface area contributed by atoms with Crippen molar-refractivity contribution < 1.29 is 33.3 Å². The zero-order valence-electron chi connectivity index (χ0n) is 22.7. The largest absolute Gasteiger partial charge is 0.497 e. The first-order chi connectivity index (χ1) is 18.4. The lowest BCUT2D eigenvalue weighted by Gasteiger charge is -2.28. The van der Waals surface area contributed by atoms with Crippen LogP contribution in [0.1, 0.15) is 40.5 Å². The molecule has 1 aliphatic heterocycles. The average Bonchev–Trinajstić information content (AvgIpc) is 3.42. The third-order valence-corrected chi connectivity index (χ3v) is 6.80. The predicted octanol–water partition coefficient (Wildman–Crippen LogP) is 3.67. The summed E-state index contributed by atoms with van der Waals surface area (Å²) in [4.78, 5) is 49.5. The summed E-state index contributed by atoms with van der Waals surface area (Å²) in [6.45, 7) is 10.8. The van der Waals surface area contributed by atoms with Gasteiger partial charge in [0.15, 0.2) is 5.15 Å². The van der Waals surface area contributed by atoms with E-state index in [1.807, 2.05) is 0 Å². The van der Waals surface area contributed by atoms with Crippen LogP contribution < -0.4 is 14.8 Å². The number of methoxy groups -OCH3 is 1. The normalized spacial score (nSPS) is 24.2. The molecule has 2 aliphatic rings. The van der Waals surface area contributed by atoms with Crippen LogP contribution in [0.3, 0.4) is 0 Å². The number of nitrogens with zero attached hydrogens (tertiary/aromatic N) is 3. The molecule has 1 saturated heterocycles. The Morgan fingerprint density at radius 1 is 1.26 bits per heavy atom. The van der Waals surface area contributed by atoms with E-state index in [2.05, 4.69) is 21.9 Å². The second kappa shape index (κ2) is 10.9. The van der Waals surface area contributed by atoms with Crippen LogP contribution in [-0.4, -0.2) is 76.4 Å². The minimum atomic E-state index is -1.21. The number of ether oxygens (including phenoxy) is 4. The van der Waals surface area contributed by atoms with Crippen LogP contribution in [0.25, 0.3) is 11.0 Å². The van der Waals surface area contributed by atoms with Crippen molar-refractivity contribution in [1.29, 1.82) is 0 Å². The maximum atomic E-state index is 13.5. The molecule has 1 aromatic heterocycles. The molecule has 0 radical (unpaired) electrons. The van der Waals surface area contributed by atoms with Crippen LogP contribution in [0.15, 0.2) is 30.9 Å². The van der Waals surface area contributed by atoms with E-state index in [1.165, 1.54) is 4.90 Å². The number of nitrogens with one attached hydrogen (secondary N) is 1. The van der Waals surface area contributed by atoms with Gasteiger partial charge in [-0.05, 0) is 46.2 Å². The molecule has 4 rings (SSSR count). The van der Waals surface area contributed by atoms with E-state index in [0.717, 1.165) is 0 Å². The molecule has 2 aromatic rings. The maximum absolute atomic E-state index is 13.5. The van der Waals surface area contributed by atoms with Gasteiger partial charge in [0.1, 0.15) is 29.0 Å². The highest BCUT2D eigenvalue weighted by Gasteiger charge is 2.62. The molecule has 2 heterocycles. The van der Waals surface area contributed by atoms with E-state index in [0.29, 0.717) is 23.2 Å². The Kier molecular flexibility index (Phi) is 7.92. The van der Waals surface area contributed by atoms with E-state index in [1.54, 1.807) is 59.1 Å². The SMILES string of the molecule is C=C[C@@H]1C[C@]1(NC(=O)[C@@H]1C[C@@H](Oc2nc3cc(OC)ccc3nc2Cl)CN1C(=O)OC(C)(C)C)C(=O)OCC. The van der Waals surface area contributed by atoms with Gasteiger partial charge < -0.3 is 24.3 Å². The monoisotopic (exact) mass is 560 g/mol. The van der Waals surface area contributed by atoms with Gasteiger partial charge in [0.05, 0.1) is 31.3 Å². The first kappa shape index (κ1) is 28.4. The van der Waals surface area contributed by atoms with Crippen molar-refractivity contribution in [3.63, 3.8) is 0 Å². The van der Waals surface area contributed by atoms with Gasteiger partial charge in [-0.15, -0.1) is 6.58 Å². The van der Waals surface area contributed by atoms with Crippen molar-refractivity contribution in [3.05, 3.63) is 36.0 Å². The number of likely N-dealkylation sites (tertiary alicyclic amines) is 1. The average molecular weight is 561 g/mol. The predicted molar refractivity (Wildman–Crippen MR) is 143 cm³/mol. The molecule has 2 amide bonds. The molecule has 0 unspecified atom stereocenters. The third-order valence-electron chi connectivity index (χ3n) is 6.56. The van der Waals surface area contributed by atoms with E-state index in [4.69, 9.17) is 30.5 Å². The van der Waals surface area contributed by atoms with Crippen molar-refractivity contribution in [1.82, 2.24) is 20.2 Å². The van der Waals surface area contributed by atoms with Crippen LogP contribution in [0, 0.1) is 5.92 Å². The topological polar surface area (TPSA) is 129 Å². The number of esters is 1. The number of hydrogen-bond acceptors (Lipinski definition) is 9. The number of fused-ring (bicyclic) bond motifs is 1. The molecule has 4 atom stereocenters. The molecule has 1 saturated carbocycles. The fraction of sp³-hybridized carbons (Fsp3) is 0.519. The van der Waals surface area contributed by atoms with Crippen molar-refractivity contribution in [2.75, 3.05) is 20.3 Å². The highest BCUT2D eigenvalue weighted by Crippen LogP contribution is 2.45. The van der Waals surface area contributed by atoms with Gasteiger partial charge >= 0.3 is 12.1 Å². The first-order valence-corrected chi connectivity index (χ1v) is 13.1. The first-order valence-electron chi connectivity index (χ1n) is 12.7. The molecule has 210 valence electrons. The van der Waals surface area contributed by atoms with Gasteiger partial charge in [0, 0.05) is 18.4 Å². The fourth-order valence-corrected chi connectivity index (χ4v) is 4.75. The zero-order chi connectivity index (χ0) is 28.5. The Balaban J connectivity index is 1.58. The van der Waals surface area contributed by atoms with Gasteiger partial charge in [-0.2, -0.15) is 0 Å². The number of rotatable bonds is 8. The Labute approximate surface area is 231 Å². The van der Waals surface area contributed by atoms with E-state index < -0.39 is 41.3 Å². The van der Waals surface area contributed by atoms with Gasteiger partial charge in [-0.25, -0.2) is 19.6 Å². The summed E-state index contributed by atoms with van der Waals surface area (Å²) in [5.74, 6) is -0.680. The third kappa shape index (κ3) is 6.03. The lowest BCUT2D eigenvalue weighted by molar-refractivity contribution is -0.149. The Bertz CT molecular complexity index is 1300. The van der Waals surface area contributed by atoms with Crippen LogP contribution in [0.2, 0.25) is 5.15 Å². The van der Waals surface area contributed by atoms with Gasteiger partial charge in [-0.1, -0.05) is 17.7 Å². The van der Waals surface area contributed by atoms with Crippen LogP contribution in [0.4, 0.5) is 4.79 Å². The molecule has 0 bridgehead atoms. The van der Waals surface area contributed by atoms with E-state index in [-0.39, 0.29) is 36.5 Å². The summed E-state index contributed by atoms with van der Waals surface area (Å²) < 4.78 is 22.1. The number of carbonyl (C=O) groups is 3. The van der Waals surface area contributed by atoms with Gasteiger partial charge in [0.25, 0.3) is 5.88 Å². The van der Waals surface area contributed by atoms with Crippen LogP contribution >= 0.6 is 11.6 Å². The number of halogens is 1.